The monoisotopic (exact) mass is 472 g/mol. The highest BCUT2D eigenvalue weighted by molar-refractivity contribution is 5.95. The molecule has 3 heterocycles. The molecule has 0 unspecified atom stereocenters. The predicted molar refractivity (Wildman–Crippen MR) is 130 cm³/mol. The number of carbonyl (C=O) groups excluding carboxylic acids is 2. The first-order valence-corrected chi connectivity index (χ1v) is 13.2. The number of ether oxygens (including phenoxy) is 1. The zero-order chi connectivity index (χ0) is 23.6. The lowest BCUT2D eigenvalue weighted by Crippen LogP contribution is -2.47. The van der Waals surface area contributed by atoms with Crippen molar-refractivity contribution in [1.82, 2.24) is 14.9 Å². The summed E-state index contributed by atoms with van der Waals surface area (Å²) in [5.41, 5.74) is 3.79. The zero-order valence-corrected chi connectivity index (χ0v) is 20.1. The smallest absolute Gasteiger partial charge is 0.254 e. The van der Waals surface area contributed by atoms with Crippen LogP contribution in [0.15, 0.2) is 24.5 Å². The minimum atomic E-state index is 0.0105. The first-order chi connectivity index (χ1) is 17.0. The van der Waals surface area contributed by atoms with Crippen LogP contribution in [0.5, 0.6) is 5.75 Å². The maximum atomic E-state index is 13.2. The van der Waals surface area contributed by atoms with Gasteiger partial charge in [-0.2, -0.15) is 0 Å². The molecule has 4 saturated carbocycles. The predicted octanol–water partition coefficient (Wildman–Crippen LogP) is 4.16. The number of nitrogens with zero attached hydrogens (tertiary/aromatic N) is 3. The molecule has 1 N–H and O–H groups in total. The molecule has 7 heteroatoms. The average Bonchev–Trinajstić information content (AvgIpc) is 3.30. The van der Waals surface area contributed by atoms with Crippen LogP contribution < -0.4 is 10.1 Å². The number of aromatic nitrogens is 2. The average molecular weight is 473 g/mol. The SMILES string of the molecule is O=C(CC12CC3CC(CC(C3)C1)C2)Nc1ncnc2c1CCN(C(=O)c1ccc3c(c1)CCO3)C2. The van der Waals surface area contributed by atoms with E-state index in [2.05, 4.69) is 15.3 Å². The molecule has 8 rings (SSSR count). The van der Waals surface area contributed by atoms with Gasteiger partial charge in [0.15, 0.2) is 0 Å². The molecule has 4 bridgehead atoms. The van der Waals surface area contributed by atoms with Crippen molar-refractivity contribution in [3.63, 3.8) is 0 Å². The summed E-state index contributed by atoms with van der Waals surface area (Å²) in [7, 11) is 0. The summed E-state index contributed by atoms with van der Waals surface area (Å²) in [6, 6.07) is 5.70. The highest BCUT2D eigenvalue weighted by Gasteiger charge is 2.51. The van der Waals surface area contributed by atoms with Crippen molar-refractivity contribution < 1.29 is 14.3 Å². The summed E-state index contributed by atoms with van der Waals surface area (Å²) >= 11 is 0. The van der Waals surface area contributed by atoms with E-state index in [0.717, 1.165) is 46.7 Å². The summed E-state index contributed by atoms with van der Waals surface area (Å²) in [5, 5.41) is 3.14. The number of carbonyl (C=O) groups is 2. The third-order valence-electron chi connectivity index (χ3n) is 9.19. The summed E-state index contributed by atoms with van der Waals surface area (Å²) in [6.07, 6.45) is 11.4. The fraction of sp³-hybridized carbons (Fsp3) is 0.571. The molecule has 2 amide bonds. The lowest BCUT2D eigenvalue weighted by atomic mass is 9.49. The first-order valence-electron chi connectivity index (χ1n) is 13.2. The van der Waals surface area contributed by atoms with E-state index in [-0.39, 0.29) is 17.2 Å². The molecule has 0 atom stereocenters. The number of nitrogens with one attached hydrogen (secondary N) is 1. The van der Waals surface area contributed by atoms with Crippen LogP contribution in [-0.4, -0.2) is 39.8 Å². The molecule has 4 aliphatic carbocycles. The Labute approximate surface area is 205 Å². The second-order valence-corrected chi connectivity index (χ2v) is 11.7. The van der Waals surface area contributed by atoms with E-state index in [1.54, 1.807) is 0 Å². The molecule has 2 aliphatic heterocycles. The van der Waals surface area contributed by atoms with E-state index in [0.29, 0.717) is 43.9 Å². The Morgan fingerprint density at radius 1 is 1.06 bits per heavy atom. The molecule has 0 radical (unpaired) electrons. The topological polar surface area (TPSA) is 84.4 Å². The Hall–Kier alpha value is -2.96. The van der Waals surface area contributed by atoms with Gasteiger partial charge in [-0.1, -0.05) is 0 Å². The lowest BCUT2D eigenvalue weighted by Gasteiger charge is -2.56. The standard InChI is InChI=1S/C28H32N4O3/c33-25(14-28-11-17-7-18(12-28)9-19(8-17)13-28)31-26-22-3-5-32(15-23(22)29-16-30-26)27(34)21-1-2-24-20(10-21)4-6-35-24/h1-2,10,16-19H,3-9,11-15H2,(H,29,30,31,33). The Morgan fingerprint density at radius 3 is 2.60 bits per heavy atom. The number of fused-ring (bicyclic) bond motifs is 2. The number of benzene rings is 1. The van der Waals surface area contributed by atoms with E-state index in [1.165, 1.54) is 44.9 Å². The fourth-order valence-electron chi connectivity index (χ4n) is 8.16. The summed E-state index contributed by atoms with van der Waals surface area (Å²) in [6.45, 7) is 1.70. The van der Waals surface area contributed by atoms with Crippen LogP contribution in [0.3, 0.4) is 0 Å². The van der Waals surface area contributed by atoms with E-state index in [1.807, 2.05) is 23.1 Å². The molecule has 1 aromatic carbocycles. The molecule has 1 aromatic heterocycles. The van der Waals surface area contributed by atoms with Gasteiger partial charge in [0.1, 0.15) is 17.9 Å². The van der Waals surface area contributed by atoms with Gasteiger partial charge in [-0.05, 0) is 91.9 Å². The molecule has 182 valence electrons. The number of hydrogen-bond acceptors (Lipinski definition) is 5. The number of anilines is 1. The molecule has 0 spiro atoms. The summed E-state index contributed by atoms with van der Waals surface area (Å²) < 4.78 is 5.57. The Kier molecular flexibility index (Phi) is 4.90. The molecule has 35 heavy (non-hydrogen) atoms. The van der Waals surface area contributed by atoms with Gasteiger partial charge in [0.2, 0.25) is 5.91 Å². The van der Waals surface area contributed by atoms with Crippen molar-refractivity contribution >= 4 is 17.6 Å². The second-order valence-electron chi connectivity index (χ2n) is 11.7. The van der Waals surface area contributed by atoms with E-state index in [4.69, 9.17) is 4.74 Å². The van der Waals surface area contributed by atoms with Gasteiger partial charge in [-0.3, -0.25) is 9.59 Å². The molecule has 2 aromatic rings. The number of amides is 2. The van der Waals surface area contributed by atoms with Gasteiger partial charge in [0.25, 0.3) is 5.91 Å². The van der Waals surface area contributed by atoms with Crippen molar-refractivity contribution in [3.8, 4) is 5.75 Å². The van der Waals surface area contributed by atoms with Gasteiger partial charge >= 0.3 is 0 Å². The largest absolute Gasteiger partial charge is 0.493 e. The first kappa shape index (κ1) is 21.3. The van der Waals surface area contributed by atoms with Gasteiger partial charge in [0, 0.05) is 30.5 Å². The van der Waals surface area contributed by atoms with Crippen LogP contribution in [0.1, 0.15) is 72.1 Å². The Balaban J connectivity index is 1.04. The van der Waals surface area contributed by atoms with Crippen LogP contribution >= 0.6 is 0 Å². The summed E-state index contributed by atoms with van der Waals surface area (Å²) in [4.78, 5) is 37.1. The zero-order valence-electron chi connectivity index (χ0n) is 20.1. The summed E-state index contributed by atoms with van der Waals surface area (Å²) in [5.74, 6) is 4.12. The number of hydrogen-bond donors (Lipinski definition) is 1. The van der Waals surface area contributed by atoms with Gasteiger partial charge in [-0.15, -0.1) is 0 Å². The van der Waals surface area contributed by atoms with Crippen LogP contribution in [0.2, 0.25) is 0 Å². The van der Waals surface area contributed by atoms with Crippen molar-refractivity contribution in [2.24, 2.45) is 23.2 Å². The molecule has 4 fully saturated rings. The molecule has 7 nitrogen and oxygen atoms in total. The maximum absolute atomic E-state index is 13.2. The van der Waals surface area contributed by atoms with Crippen LogP contribution in [0.25, 0.3) is 0 Å². The van der Waals surface area contributed by atoms with Crippen molar-refractivity contribution in [1.29, 1.82) is 0 Å². The molecule has 6 aliphatic rings. The van der Waals surface area contributed by atoms with E-state index in [9.17, 15) is 9.59 Å². The van der Waals surface area contributed by atoms with E-state index >= 15 is 0 Å². The third-order valence-corrected chi connectivity index (χ3v) is 9.19. The molecular formula is C28H32N4O3. The highest BCUT2D eigenvalue weighted by Crippen LogP contribution is 2.61. The van der Waals surface area contributed by atoms with Crippen molar-refractivity contribution in [2.45, 2.75) is 64.3 Å². The molecular weight excluding hydrogens is 440 g/mol. The lowest BCUT2D eigenvalue weighted by molar-refractivity contribution is -0.124. The minimum absolute atomic E-state index is 0.0105. The third kappa shape index (κ3) is 3.80. The quantitative estimate of drug-likeness (QED) is 0.723. The molecule has 0 saturated heterocycles. The second kappa shape index (κ2) is 8.04. The van der Waals surface area contributed by atoms with E-state index < -0.39 is 0 Å². The van der Waals surface area contributed by atoms with Gasteiger partial charge < -0.3 is 15.0 Å². The van der Waals surface area contributed by atoms with Crippen molar-refractivity contribution in [3.05, 3.63) is 46.9 Å². The van der Waals surface area contributed by atoms with Gasteiger partial charge in [-0.25, -0.2) is 9.97 Å². The highest BCUT2D eigenvalue weighted by atomic mass is 16.5. The normalized spacial score (nSPS) is 29.9. The van der Waals surface area contributed by atoms with Crippen LogP contribution in [0, 0.1) is 23.2 Å². The minimum Gasteiger partial charge on any atom is -0.493 e. The number of rotatable bonds is 4. The van der Waals surface area contributed by atoms with Crippen molar-refractivity contribution in [2.75, 3.05) is 18.5 Å². The fourth-order valence-corrected chi connectivity index (χ4v) is 8.16. The Bertz CT molecular complexity index is 1170. The maximum Gasteiger partial charge on any atom is 0.254 e. The van der Waals surface area contributed by atoms with Gasteiger partial charge in [0.05, 0.1) is 18.8 Å². The Morgan fingerprint density at radius 2 is 1.83 bits per heavy atom. The van der Waals surface area contributed by atoms with Crippen LogP contribution in [-0.2, 0) is 24.2 Å². The van der Waals surface area contributed by atoms with Crippen LogP contribution in [0.4, 0.5) is 5.82 Å².